The number of rotatable bonds is 4. The molecular formula is C12H20N4OS. The van der Waals surface area contributed by atoms with Crippen molar-refractivity contribution in [2.24, 2.45) is 12.8 Å². The first-order chi connectivity index (χ1) is 8.60. The lowest BCUT2D eigenvalue weighted by Crippen LogP contribution is -2.39. The van der Waals surface area contributed by atoms with Gasteiger partial charge in [-0.05, 0) is 25.5 Å². The van der Waals surface area contributed by atoms with E-state index in [2.05, 4.69) is 16.7 Å². The first-order valence-corrected chi connectivity index (χ1v) is 7.46. The third kappa shape index (κ3) is 3.05. The lowest BCUT2D eigenvalue weighted by molar-refractivity contribution is -0.123. The second-order valence-electron chi connectivity index (χ2n) is 4.80. The van der Waals surface area contributed by atoms with Crippen LogP contribution in [0.5, 0.6) is 0 Å². The number of hydrogen-bond donors (Lipinski definition) is 2. The number of nitrogens with one attached hydrogen (secondary N) is 1. The molecule has 1 saturated carbocycles. The molecule has 0 saturated heterocycles. The van der Waals surface area contributed by atoms with Crippen LogP contribution in [0.15, 0.2) is 12.4 Å². The van der Waals surface area contributed by atoms with Gasteiger partial charge in [-0.2, -0.15) is 16.9 Å². The molecule has 2 rings (SSSR count). The van der Waals surface area contributed by atoms with E-state index in [0.29, 0.717) is 5.25 Å². The molecule has 0 aromatic carbocycles. The van der Waals surface area contributed by atoms with Gasteiger partial charge in [0, 0.05) is 30.1 Å². The maximum Gasteiger partial charge on any atom is 0.241 e. The highest BCUT2D eigenvalue weighted by molar-refractivity contribution is 7.99. The summed E-state index contributed by atoms with van der Waals surface area (Å²) in [6.07, 6.45) is 8.82. The SMILES string of the molecule is CSC1CCC(NC(=O)C(N)c2cnn(C)c2)C1. The highest BCUT2D eigenvalue weighted by atomic mass is 32.2. The average Bonchev–Trinajstić information content (AvgIpc) is 2.97. The number of carbonyl (C=O) groups is 1. The van der Waals surface area contributed by atoms with E-state index in [9.17, 15) is 4.79 Å². The fourth-order valence-electron chi connectivity index (χ4n) is 2.33. The zero-order valence-corrected chi connectivity index (χ0v) is 11.6. The molecule has 1 aliphatic carbocycles. The predicted octanol–water partition coefficient (Wildman–Crippen LogP) is 0.820. The summed E-state index contributed by atoms with van der Waals surface area (Å²) in [5.74, 6) is -0.102. The van der Waals surface area contributed by atoms with E-state index in [-0.39, 0.29) is 11.9 Å². The molecule has 1 aromatic heterocycles. The standard InChI is InChI=1S/C12H20N4OS/c1-16-7-8(6-14-16)11(13)12(17)15-9-3-4-10(5-9)18-2/h6-7,9-11H,3-5,13H2,1-2H3,(H,15,17). The fourth-order valence-corrected chi connectivity index (χ4v) is 3.12. The van der Waals surface area contributed by atoms with Crippen molar-refractivity contribution in [2.45, 2.75) is 36.6 Å². The smallest absolute Gasteiger partial charge is 0.241 e. The molecule has 18 heavy (non-hydrogen) atoms. The normalized spacial score (nSPS) is 25.1. The Bertz CT molecular complexity index is 420. The largest absolute Gasteiger partial charge is 0.352 e. The molecule has 3 N–H and O–H groups in total. The van der Waals surface area contributed by atoms with Crippen LogP contribution >= 0.6 is 11.8 Å². The maximum atomic E-state index is 12.0. The van der Waals surface area contributed by atoms with Crippen LogP contribution in [0.3, 0.4) is 0 Å². The highest BCUT2D eigenvalue weighted by Crippen LogP contribution is 2.28. The van der Waals surface area contributed by atoms with E-state index in [0.717, 1.165) is 18.4 Å². The number of nitrogens with zero attached hydrogens (tertiary/aromatic N) is 2. The molecule has 0 radical (unpaired) electrons. The second kappa shape index (κ2) is 5.75. The quantitative estimate of drug-likeness (QED) is 0.848. The number of aromatic nitrogens is 2. The topological polar surface area (TPSA) is 72.9 Å². The van der Waals surface area contributed by atoms with Gasteiger partial charge in [0.15, 0.2) is 0 Å². The van der Waals surface area contributed by atoms with Gasteiger partial charge in [-0.1, -0.05) is 0 Å². The molecule has 1 fully saturated rings. The molecule has 1 amide bonds. The van der Waals surface area contributed by atoms with E-state index in [1.807, 2.05) is 18.8 Å². The first-order valence-electron chi connectivity index (χ1n) is 6.17. The van der Waals surface area contributed by atoms with Crippen molar-refractivity contribution >= 4 is 17.7 Å². The zero-order chi connectivity index (χ0) is 13.1. The molecule has 1 aromatic rings. The summed E-state index contributed by atoms with van der Waals surface area (Å²) >= 11 is 1.88. The van der Waals surface area contributed by atoms with Gasteiger partial charge in [-0.15, -0.1) is 0 Å². The summed E-state index contributed by atoms with van der Waals surface area (Å²) < 4.78 is 1.65. The summed E-state index contributed by atoms with van der Waals surface area (Å²) in [5.41, 5.74) is 6.69. The van der Waals surface area contributed by atoms with Crippen LogP contribution in [0.25, 0.3) is 0 Å². The van der Waals surface area contributed by atoms with Crippen molar-refractivity contribution in [3.8, 4) is 0 Å². The summed E-state index contributed by atoms with van der Waals surface area (Å²) in [6.45, 7) is 0. The fraction of sp³-hybridized carbons (Fsp3) is 0.667. The van der Waals surface area contributed by atoms with Crippen LogP contribution in [0.1, 0.15) is 30.9 Å². The van der Waals surface area contributed by atoms with Crippen LogP contribution in [-0.4, -0.2) is 33.2 Å². The maximum absolute atomic E-state index is 12.0. The summed E-state index contributed by atoms with van der Waals surface area (Å²) in [5, 5.41) is 7.74. The Balaban J connectivity index is 1.88. The van der Waals surface area contributed by atoms with Crippen molar-refractivity contribution in [1.82, 2.24) is 15.1 Å². The second-order valence-corrected chi connectivity index (χ2v) is 5.94. The van der Waals surface area contributed by atoms with Gasteiger partial charge in [0.2, 0.25) is 5.91 Å². The Hall–Kier alpha value is -1.01. The summed E-state index contributed by atoms with van der Waals surface area (Å²) in [7, 11) is 1.81. The monoisotopic (exact) mass is 268 g/mol. The minimum Gasteiger partial charge on any atom is -0.352 e. The molecule has 3 unspecified atom stereocenters. The van der Waals surface area contributed by atoms with Crippen molar-refractivity contribution in [2.75, 3.05) is 6.26 Å². The molecule has 0 bridgehead atoms. The van der Waals surface area contributed by atoms with E-state index in [4.69, 9.17) is 5.73 Å². The van der Waals surface area contributed by atoms with Crippen molar-refractivity contribution in [1.29, 1.82) is 0 Å². The van der Waals surface area contributed by atoms with Gasteiger partial charge in [0.1, 0.15) is 6.04 Å². The number of thioether (sulfide) groups is 1. The van der Waals surface area contributed by atoms with Crippen LogP contribution < -0.4 is 11.1 Å². The van der Waals surface area contributed by atoms with Gasteiger partial charge in [-0.3, -0.25) is 9.48 Å². The third-order valence-electron chi connectivity index (χ3n) is 3.43. The van der Waals surface area contributed by atoms with Crippen molar-refractivity contribution in [3.63, 3.8) is 0 Å². The van der Waals surface area contributed by atoms with Gasteiger partial charge in [0.25, 0.3) is 0 Å². The van der Waals surface area contributed by atoms with Gasteiger partial charge in [-0.25, -0.2) is 0 Å². The molecular weight excluding hydrogens is 248 g/mol. The van der Waals surface area contributed by atoms with Gasteiger partial charge in [0.05, 0.1) is 6.20 Å². The Kier molecular flexibility index (Phi) is 4.29. The Morgan fingerprint density at radius 1 is 1.67 bits per heavy atom. The number of hydrogen-bond acceptors (Lipinski definition) is 4. The van der Waals surface area contributed by atoms with Crippen molar-refractivity contribution < 1.29 is 4.79 Å². The minimum absolute atomic E-state index is 0.102. The van der Waals surface area contributed by atoms with Crippen LogP contribution in [0.2, 0.25) is 0 Å². The number of carbonyl (C=O) groups excluding carboxylic acids is 1. The van der Waals surface area contributed by atoms with E-state index < -0.39 is 6.04 Å². The lowest BCUT2D eigenvalue weighted by Gasteiger charge is -2.16. The number of nitrogens with two attached hydrogens (primary N) is 1. The number of aryl methyl sites for hydroxylation is 1. The first kappa shape index (κ1) is 13.4. The molecule has 1 aliphatic rings. The molecule has 0 aliphatic heterocycles. The van der Waals surface area contributed by atoms with E-state index in [1.54, 1.807) is 17.1 Å². The highest BCUT2D eigenvalue weighted by Gasteiger charge is 2.27. The predicted molar refractivity (Wildman–Crippen MR) is 73.2 cm³/mol. The molecule has 3 atom stereocenters. The van der Waals surface area contributed by atoms with Gasteiger partial charge >= 0.3 is 0 Å². The molecule has 5 nitrogen and oxygen atoms in total. The Morgan fingerprint density at radius 3 is 3.00 bits per heavy atom. The van der Waals surface area contributed by atoms with E-state index in [1.165, 1.54) is 6.42 Å². The molecule has 1 heterocycles. The summed E-state index contributed by atoms with van der Waals surface area (Å²) in [4.78, 5) is 12.0. The molecule has 6 heteroatoms. The van der Waals surface area contributed by atoms with Crippen LogP contribution in [0.4, 0.5) is 0 Å². The zero-order valence-electron chi connectivity index (χ0n) is 10.8. The minimum atomic E-state index is -0.618. The number of amides is 1. The van der Waals surface area contributed by atoms with E-state index >= 15 is 0 Å². The van der Waals surface area contributed by atoms with Crippen LogP contribution in [-0.2, 0) is 11.8 Å². The van der Waals surface area contributed by atoms with Gasteiger partial charge < -0.3 is 11.1 Å². The average molecular weight is 268 g/mol. The van der Waals surface area contributed by atoms with Crippen LogP contribution in [0, 0.1) is 0 Å². The Labute approximate surface area is 111 Å². The van der Waals surface area contributed by atoms with Crippen molar-refractivity contribution in [3.05, 3.63) is 18.0 Å². The molecule has 100 valence electrons. The third-order valence-corrected chi connectivity index (χ3v) is 4.53. The Morgan fingerprint density at radius 2 is 2.44 bits per heavy atom. The summed E-state index contributed by atoms with van der Waals surface area (Å²) in [6, 6.07) is -0.343. The lowest BCUT2D eigenvalue weighted by atomic mass is 10.1. The molecule has 0 spiro atoms.